The van der Waals surface area contributed by atoms with E-state index in [4.69, 9.17) is 4.74 Å². The van der Waals surface area contributed by atoms with Crippen molar-refractivity contribution < 1.29 is 9.53 Å². The summed E-state index contributed by atoms with van der Waals surface area (Å²) in [7, 11) is 0. The molecule has 3 heteroatoms. The Balaban J connectivity index is 1.48. The number of ether oxygens (including phenoxy) is 1. The van der Waals surface area contributed by atoms with Crippen molar-refractivity contribution in [2.24, 2.45) is 23.2 Å². The first-order valence-electron chi connectivity index (χ1n) is 8.79. The SMILES string of the molecule is O=C(C1=Cc2ccc(Br)cc2OC1)C12CC3CC(CC(C3)C1)C2. The molecule has 4 bridgehead atoms. The van der Waals surface area contributed by atoms with Crippen LogP contribution in [0, 0.1) is 23.2 Å². The maximum Gasteiger partial charge on any atom is 0.168 e. The monoisotopic (exact) mass is 372 g/mol. The molecule has 4 fully saturated rings. The number of ketones is 1. The van der Waals surface area contributed by atoms with Crippen LogP contribution in [0.5, 0.6) is 5.75 Å². The molecule has 1 aromatic carbocycles. The number of hydrogen-bond acceptors (Lipinski definition) is 2. The second-order valence-electron chi connectivity index (χ2n) is 8.17. The molecule has 0 spiro atoms. The lowest BCUT2D eigenvalue weighted by molar-refractivity contribution is -0.140. The zero-order valence-corrected chi connectivity index (χ0v) is 14.8. The molecule has 6 rings (SSSR count). The first kappa shape index (κ1) is 14.3. The molecule has 0 saturated heterocycles. The predicted molar refractivity (Wildman–Crippen MR) is 93.2 cm³/mol. The van der Waals surface area contributed by atoms with E-state index < -0.39 is 0 Å². The molecule has 0 radical (unpaired) electrons. The minimum atomic E-state index is -0.0587. The van der Waals surface area contributed by atoms with E-state index in [2.05, 4.69) is 22.0 Å². The van der Waals surface area contributed by atoms with Gasteiger partial charge in [0.25, 0.3) is 0 Å². The molecule has 0 amide bonds. The number of halogens is 1. The van der Waals surface area contributed by atoms with Crippen LogP contribution in [0.1, 0.15) is 44.1 Å². The summed E-state index contributed by atoms with van der Waals surface area (Å²) in [6.07, 6.45) is 9.58. The number of rotatable bonds is 2. The fourth-order valence-corrected chi connectivity index (χ4v) is 6.34. The zero-order chi connectivity index (χ0) is 15.6. The van der Waals surface area contributed by atoms with Gasteiger partial charge in [-0.15, -0.1) is 0 Å². The smallest absolute Gasteiger partial charge is 0.168 e. The molecule has 0 N–H and O–H groups in total. The van der Waals surface area contributed by atoms with E-state index >= 15 is 0 Å². The molecular weight excluding hydrogens is 352 g/mol. The lowest BCUT2D eigenvalue weighted by atomic mass is 9.48. The molecule has 0 atom stereocenters. The number of benzene rings is 1. The first-order valence-corrected chi connectivity index (χ1v) is 9.58. The van der Waals surface area contributed by atoms with E-state index in [9.17, 15) is 4.79 Å². The molecule has 120 valence electrons. The topological polar surface area (TPSA) is 26.3 Å². The minimum absolute atomic E-state index is 0.0587. The van der Waals surface area contributed by atoms with Crippen molar-refractivity contribution in [3.8, 4) is 5.75 Å². The minimum Gasteiger partial charge on any atom is -0.488 e. The maximum atomic E-state index is 13.4. The first-order chi connectivity index (χ1) is 11.1. The molecule has 23 heavy (non-hydrogen) atoms. The van der Waals surface area contributed by atoms with Gasteiger partial charge in [0.2, 0.25) is 0 Å². The average molecular weight is 373 g/mol. The number of hydrogen-bond donors (Lipinski definition) is 0. The number of fused-ring (bicyclic) bond motifs is 1. The molecule has 0 unspecified atom stereocenters. The second-order valence-corrected chi connectivity index (χ2v) is 9.08. The lowest BCUT2D eigenvalue weighted by Gasteiger charge is -2.56. The zero-order valence-electron chi connectivity index (χ0n) is 13.2. The Kier molecular flexibility index (Phi) is 3.07. The Morgan fingerprint density at radius 2 is 1.74 bits per heavy atom. The summed E-state index contributed by atoms with van der Waals surface area (Å²) >= 11 is 3.47. The summed E-state index contributed by atoms with van der Waals surface area (Å²) in [5, 5.41) is 0. The molecule has 1 aromatic rings. The van der Waals surface area contributed by atoms with Crippen LogP contribution < -0.4 is 4.74 Å². The van der Waals surface area contributed by atoms with Gasteiger partial charge in [0.15, 0.2) is 5.78 Å². The van der Waals surface area contributed by atoms with Crippen LogP contribution in [-0.2, 0) is 4.79 Å². The highest BCUT2D eigenvalue weighted by Gasteiger charge is 2.54. The van der Waals surface area contributed by atoms with E-state index in [1.165, 1.54) is 19.3 Å². The maximum absolute atomic E-state index is 13.4. The van der Waals surface area contributed by atoms with Crippen LogP contribution in [0.3, 0.4) is 0 Å². The fraction of sp³-hybridized carbons (Fsp3) is 0.550. The van der Waals surface area contributed by atoms with Crippen molar-refractivity contribution in [1.82, 2.24) is 0 Å². The standard InChI is InChI=1S/C20H21BrO2/c21-17-2-1-15-6-16(11-23-18(15)7-17)19(22)20-8-12-3-13(9-20)5-14(4-12)10-20/h1-2,6-7,12-14H,3-5,8-11H2. The van der Waals surface area contributed by atoms with E-state index in [0.29, 0.717) is 12.4 Å². The molecule has 1 heterocycles. The third kappa shape index (κ3) is 2.23. The van der Waals surface area contributed by atoms with E-state index in [1.807, 2.05) is 18.2 Å². The van der Waals surface area contributed by atoms with Crippen molar-refractivity contribution >= 4 is 27.8 Å². The number of carbonyl (C=O) groups excluding carboxylic acids is 1. The predicted octanol–water partition coefficient (Wildman–Crippen LogP) is 5.01. The molecule has 2 nitrogen and oxygen atoms in total. The largest absolute Gasteiger partial charge is 0.488 e. The number of carbonyl (C=O) groups is 1. The summed E-state index contributed by atoms with van der Waals surface area (Å²) in [5.41, 5.74) is 1.87. The van der Waals surface area contributed by atoms with Gasteiger partial charge in [-0.2, -0.15) is 0 Å². The summed E-state index contributed by atoms with van der Waals surface area (Å²) in [6.45, 7) is 0.435. The van der Waals surface area contributed by atoms with Crippen molar-refractivity contribution in [3.05, 3.63) is 33.8 Å². The molecule has 4 aliphatic carbocycles. The Morgan fingerprint density at radius 3 is 2.39 bits per heavy atom. The molecule has 4 saturated carbocycles. The van der Waals surface area contributed by atoms with Gasteiger partial charge >= 0.3 is 0 Å². The number of Topliss-reactive ketones (excluding diaryl/α,β-unsaturated/α-hetero) is 1. The molecule has 5 aliphatic rings. The van der Waals surface area contributed by atoms with E-state index in [-0.39, 0.29) is 5.41 Å². The Bertz CT molecular complexity index is 683. The average Bonchev–Trinajstić information content (AvgIpc) is 2.52. The fourth-order valence-electron chi connectivity index (χ4n) is 6.00. The summed E-state index contributed by atoms with van der Waals surface area (Å²) in [4.78, 5) is 13.4. The van der Waals surface area contributed by atoms with Crippen LogP contribution in [0.2, 0.25) is 0 Å². The van der Waals surface area contributed by atoms with Crippen LogP contribution >= 0.6 is 15.9 Å². The summed E-state index contributed by atoms with van der Waals surface area (Å²) in [5.74, 6) is 3.68. The Morgan fingerprint density at radius 1 is 1.09 bits per heavy atom. The molecule has 0 aromatic heterocycles. The van der Waals surface area contributed by atoms with Gasteiger partial charge < -0.3 is 4.74 Å². The molecular formula is C20H21BrO2. The Labute approximate surface area is 145 Å². The second kappa shape index (κ2) is 4.95. The van der Waals surface area contributed by atoms with Crippen LogP contribution in [0.4, 0.5) is 0 Å². The quantitative estimate of drug-likeness (QED) is 0.729. The van der Waals surface area contributed by atoms with Gasteiger partial charge in [-0.1, -0.05) is 22.0 Å². The van der Waals surface area contributed by atoms with E-state index in [0.717, 1.165) is 58.4 Å². The summed E-state index contributed by atoms with van der Waals surface area (Å²) in [6, 6.07) is 6.03. The normalized spacial score (nSPS) is 37.1. The van der Waals surface area contributed by atoms with Gasteiger partial charge in [-0.25, -0.2) is 0 Å². The van der Waals surface area contributed by atoms with Gasteiger partial charge in [0.1, 0.15) is 12.4 Å². The van der Waals surface area contributed by atoms with Gasteiger partial charge in [-0.3, -0.25) is 4.79 Å². The lowest BCUT2D eigenvalue weighted by Crippen LogP contribution is -2.50. The third-order valence-electron chi connectivity index (χ3n) is 6.50. The van der Waals surface area contributed by atoms with Gasteiger partial charge in [0, 0.05) is 21.0 Å². The van der Waals surface area contributed by atoms with Crippen molar-refractivity contribution in [2.75, 3.05) is 6.61 Å². The van der Waals surface area contributed by atoms with Gasteiger partial charge in [-0.05, 0) is 74.5 Å². The van der Waals surface area contributed by atoms with Gasteiger partial charge in [0.05, 0.1) is 0 Å². The summed E-state index contributed by atoms with van der Waals surface area (Å²) < 4.78 is 6.90. The van der Waals surface area contributed by atoms with Crippen molar-refractivity contribution in [1.29, 1.82) is 0 Å². The van der Waals surface area contributed by atoms with Crippen molar-refractivity contribution in [2.45, 2.75) is 38.5 Å². The molecule has 1 aliphatic heterocycles. The highest BCUT2D eigenvalue weighted by atomic mass is 79.9. The van der Waals surface area contributed by atoms with Crippen LogP contribution in [0.25, 0.3) is 6.08 Å². The third-order valence-corrected chi connectivity index (χ3v) is 6.99. The van der Waals surface area contributed by atoms with Crippen molar-refractivity contribution in [3.63, 3.8) is 0 Å². The Hall–Kier alpha value is -1.09. The highest BCUT2D eigenvalue weighted by molar-refractivity contribution is 9.10. The van der Waals surface area contributed by atoms with E-state index in [1.54, 1.807) is 0 Å². The van der Waals surface area contributed by atoms with Crippen LogP contribution in [-0.4, -0.2) is 12.4 Å². The van der Waals surface area contributed by atoms with Crippen LogP contribution in [0.15, 0.2) is 28.2 Å². The highest BCUT2D eigenvalue weighted by Crippen LogP contribution is 2.61.